The van der Waals surface area contributed by atoms with Crippen LogP contribution < -0.4 is 0 Å². The Morgan fingerprint density at radius 3 is 1.82 bits per heavy atom. The van der Waals surface area contributed by atoms with Gasteiger partial charge in [-0.1, -0.05) is 30.3 Å². The van der Waals surface area contributed by atoms with Crippen molar-refractivity contribution in [1.82, 2.24) is 15.0 Å². The Morgan fingerprint density at radius 1 is 0.545 bits per heavy atom. The fraction of sp³-hybridized carbons (Fsp3) is 0. The molecule has 0 fully saturated rings. The third-order valence-corrected chi connectivity index (χ3v) is 5.82. The van der Waals surface area contributed by atoms with E-state index in [-0.39, 0.29) is 5.82 Å². The molecular formula is C28H17F2N3. The maximum absolute atomic E-state index is 14.8. The standard InChI is InChI=1S/C28H17F2N3/c29-19-13-21(17-6-5-7-18(12-17)25-8-1-3-10-31-25)27-22(14-19)23-15-20(30)16-24(28(23)33-27)26-9-2-4-11-32-26/h1-16,33H. The second-order valence-electron chi connectivity index (χ2n) is 7.89. The maximum atomic E-state index is 14.8. The van der Waals surface area contributed by atoms with E-state index in [9.17, 15) is 8.78 Å². The molecule has 0 aliphatic carbocycles. The van der Waals surface area contributed by atoms with Gasteiger partial charge in [-0.2, -0.15) is 0 Å². The molecule has 0 aliphatic heterocycles. The zero-order valence-electron chi connectivity index (χ0n) is 17.4. The van der Waals surface area contributed by atoms with E-state index in [4.69, 9.17) is 0 Å². The van der Waals surface area contributed by atoms with Gasteiger partial charge in [-0.15, -0.1) is 0 Å². The normalized spacial score (nSPS) is 11.3. The van der Waals surface area contributed by atoms with Crippen molar-refractivity contribution in [2.75, 3.05) is 0 Å². The highest BCUT2D eigenvalue weighted by Crippen LogP contribution is 2.38. The van der Waals surface area contributed by atoms with Crippen LogP contribution in [0.15, 0.2) is 97.3 Å². The van der Waals surface area contributed by atoms with Crippen LogP contribution in [0.1, 0.15) is 0 Å². The van der Waals surface area contributed by atoms with Crippen molar-refractivity contribution in [2.24, 2.45) is 0 Å². The Balaban J connectivity index is 1.63. The lowest BCUT2D eigenvalue weighted by Gasteiger charge is -2.07. The van der Waals surface area contributed by atoms with Gasteiger partial charge in [-0.25, -0.2) is 8.78 Å². The highest BCUT2D eigenvalue weighted by molar-refractivity contribution is 6.15. The number of hydrogen-bond acceptors (Lipinski definition) is 2. The minimum absolute atomic E-state index is 0.384. The van der Waals surface area contributed by atoms with Crippen LogP contribution in [-0.2, 0) is 0 Å². The first-order valence-electron chi connectivity index (χ1n) is 10.5. The Bertz CT molecular complexity index is 1620. The van der Waals surface area contributed by atoms with Crippen LogP contribution in [0.3, 0.4) is 0 Å². The summed E-state index contributed by atoms with van der Waals surface area (Å²) in [4.78, 5) is 12.2. The van der Waals surface area contributed by atoms with Crippen LogP contribution in [0.4, 0.5) is 8.78 Å². The first-order valence-corrected chi connectivity index (χ1v) is 10.5. The molecule has 6 aromatic rings. The number of H-pyrrole nitrogens is 1. The van der Waals surface area contributed by atoms with Crippen LogP contribution in [0.2, 0.25) is 0 Å². The van der Waals surface area contributed by atoms with Gasteiger partial charge < -0.3 is 4.98 Å². The summed E-state index contributed by atoms with van der Waals surface area (Å²) < 4.78 is 29.4. The minimum atomic E-state index is -0.396. The molecule has 0 unspecified atom stereocenters. The molecular weight excluding hydrogens is 416 g/mol. The van der Waals surface area contributed by atoms with Gasteiger partial charge in [-0.3, -0.25) is 9.97 Å². The molecule has 0 saturated carbocycles. The molecule has 0 spiro atoms. The summed E-state index contributed by atoms with van der Waals surface area (Å²) in [6.45, 7) is 0. The lowest BCUT2D eigenvalue weighted by molar-refractivity contribution is 0.629. The number of benzene rings is 3. The average Bonchev–Trinajstić information content (AvgIpc) is 3.22. The Morgan fingerprint density at radius 2 is 1.15 bits per heavy atom. The van der Waals surface area contributed by atoms with Gasteiger partial charge >= 0.3 is 0 Å². The summed E-state index contributed by atoms with van der Waals surface area (Å²) in [5, 5.41) is 1.24. The van der Waals surface area contributed by atoms with E-state index in [0.717, 1.165) is 27.9 Å². The number of aromatic nitrogens is 3. The number of fused-ring (bicyclic) bond motifs is 3. The third-order valence-electron chi connectivity index (χ3n) is 5.82. The largest absolute Gasteiger partial charge is 0.353 e. The lowest BCUT2D eigenvalue weighted by Crippen LogP contribution is -1.87. The predicted octanol–water partition coefficient (Wildman–Crippen LogP) is 7.39. The SMILES string of the molecule is Fc1cc(-c2cccc(-c3ccccn3)c2)c2[nH]c3c(-c4ccccn4)cc(F)cc3c2c1. The predicted molar refractivity (Wildman–Crippen MR) is 128 cm³/mol. The van der Waals surface area contributed by atoms with Crippen LogP contribution in [0, 0.1) is 11.6 Å². The molecule has 0 atom stereocenters. The lowest BCUT2D eigenvalue weighted by atomic mass is 9.98. The van der Waals surface area contributed by atoms with E-state index in [2.05, 4.69) is 15.0 Å². The number of rotatable bonds is 3. The number of aromatic amines is 1. The fourth-order valence-electron chi connectivity index (χ4n) is 4.36. The van der Waals surface area contributed by atoms with Gasteiger partial charge in [0.05, 0.1) is 22.4 Å². The van der Waals surface area contributed by atoms with Crippen LogP contribution in [-0.4, -0.2) is 15.0 Å². The Kier molecular flexibility index (Phi) is 4.47. The molecule has 3 aromatic heterocycles. The van der Waals surface area contributed by atoms with E-state index in [1.54, 1.807) is 12.4 Å². The molecule has 33 heavy (non-hydrogen) atoms. The van der Waals surface area contributed by atoms with Gasteiger partial charge in [0.2, 0.25) is 0 Å². The van der Waals surface area contributed by atoms with Crippen molar-refractivity contribution < 1.29 is 8.78 Å². The monoisotopic (exact) mass is 433 g/mol. The first-order chi connectivity index (χ1) is 16.2. The minimum Gasteiger partial charge on any atom is -0.353 e. The average molecular weight is 433 g/mol. The Hall–Kier alpha value is -4.38. The van der Waals surface area contributed by atoms with E-state index in [1.165, 1.54) is 24.3 Å². The molecule has 0 amide bonds. The molecule has 3 aromatic carbocycles. The van der Waals surface area contributed by atoms with Gasteiger partial charge in [0.15, 0.2) is 0 Å². The van der Waals surface area contributed by atoms with Gasteiger partial charge in [0, 0.05) is 39.9 Å². The second-order valence-corrected chi connectivity index (χ2v) is 7.89. The third kappa shape index (κ3) is 3.34. The number of pyridine rings is 2. The quantitative estimate of drug-likeness (QED) is 0.316. The zero-order valence-corrected chi connectivity index (χ0v) is 17.4. The van der Waals surface area contributed by atoms with E-state index < -0.39 is 5.82 Å². The van der Waals surface area contributed by atoms with Crippen molar-refractivity contribution in [1.29, 1.82) is 0 Å². The van der Waals surface area contributed by atoms with Crippen molar-refractivity contribution >= 4 is 21.8 Å². The summed E-state index contributed by atoms with van der Waals surface area (Å²) in [5.74, 6) is -0.780. The molecule has 1 N–H and O–H groups in total. The summed E-state index contributed by atoms with van der Waals surface area (Å²) in [6.07, 6.45) is 3.41. The second kappa shape index (κ2) is 7.64. The summed E-state index contributed by atoms with van der Waals surface area (Å²) in [7, 11) is 0. The molecule has 5 heteroatoms. The molecule has 6 rings (SSSR count). The smallest absolute Gasteiger partial charge is 0.124 e. The Labute approximate surface area is 188 Å². The number of hydrogen-bond donors (Lipinski definition) is 1. The van der Waals surface area contributed by atoms with E-state index in [0.29, 0.717) is 27.6 Å². The van der Waals surface area contributed by atoms with Crippen molar-refractivity contribution in [3.63, 3.8) is 0 Å². The maximum Gasteiger partial charge on any atom is 0.124 e. The number of halogens is 2. The van der Waals surface area contributed by atoms with Crippen molar-refractivity contribution in [3.8, 4) is 33.6 Å². The molecule has 158 valence electrons. The van der Waals surface area contributed by atoms with Gasteiger partial charge in [0.25, 0.3) is 0 Å². The van der Waals surface area contributed by atoms with Crippen molar-refractivity contribution in [2.45, 2.75) is 0 Å². The number of nitrogens with zero attached hydrogens (tertiary/aromatic N) is 2. The van der Waals surface area contributed by atoms with Crippen LogP contribution >= 0.6 is 0 Å². The number of nitrogens with one attached hydrogen (secondary N) is 1. The topological polar surface area (TPSA) is 41.6 Å². The highest BCUT2D eigenvalue weighted by atomic mass is 19.1. The molecule has 3 heterocycles. The van der Waals surface area contributed by atoms with Crippen molar-refractivity contribution in [3.05, 3.63) is 109 Å². The van der Waals surface area contributed by atoms with Gasteiger partial charge in [-0.05, 0) is 60.2 Å². The van der Waals surface area contributed by atoms with E-state index in [1.807, 2.05) is 60.7 Å². The molecule has 0 aliphatic rings. The fourth-order valence-corrected chi connectivity index (χ4v) is 4.36. The molecule has 0 radical (unpaired) electrons. The highest BCUT2D eigenvalue weighted by Gasteiger charge is 2.17. The summed E-state index contributed by atoms with van der Waals surface area (Å²) in [5.41, 5.74) is 6.05. The molecule has 0 bridgehead atoms. The van der Waals surface area contributed by atoms with E-state index >= 15 is 0 Å². The molecule has 3 nitrogen and oxygen atoms in total. The zero-order chi connectivity index (χ0) is 22.4. The summed E-state index contributed by atoms with van der Waals surface area (Å²) in [6, 6.07) is 24.9. The first kappa shape index (κ1) is 19.3. The summed E-state index contributed by atoms with van der Waals surface area (Å²) >= 11 is 0. The molecule has 0 saturated heterocycles. The van der Waals surface area contributed by atoms with Crippen LogP contribution in [0.5, 0.6) is 0 Å². The van der Waals surface area contributed by atoms with Gasteiger partial charge in [0.1, 0.15) is 11.6 Å². The van der Waals surface area contributed by atoms with Crippen LogP contribution in [0.25, 0.3) is 55.4 Å².